The fourth-order valence-corrected chi connectivity index (χ4v) is 3.12. The van der Waals surface area contributed by atoms with Crippen LogP contribution in [0.1, 0.15) is 11.8 Å². The molecular formula is C8H10ClNO3S2. The molecule has 0 aromatic carbocycles. The number of halogens is 1. The summed E-state index contributed by atoms with van der Waals surface area (Å²) in [6.45, 7) is 2.38. The van der Waals surface area contributed by atoms with Crippen molar-refractivity contribution in [3.63, 3.8) is 0 Å². The number of nitrogens with one attached hydrogen (secondary N) is 1. The van der Waals surface area contributed by atoms with Gasteiger partial charge in [-0.2, -0.15) is 0 Å². The zero-order valence-corrected chi connectivity index (χ0v) is 10.4. The first-order valence-electron chi connectivity index (χ1n) is 4.23. The Morgan fingerprint density at radius 3 is 2.67 bits per heavy atom. The lowest BCUT2D eigenvalue weighted by molar-refractivity contribution is -0.120. The topological polar surface area (TPSA) is 63.2 Å². The van der Waals surface area contributed by atoms with Gasteiger partial charge in [-0.15, -0.1) is 11.3 Å². The summed E-state index contributed by atoms with van der Waals surface area (Å²) < 4.78 is 21.9. The van der Waals surface area contributed by atoms with E-state index in [-0.39, 0.29) is 16.5 Å². The SMILES string of the molecule is CCNC(=O)Cc1ccc(S(=O)(=O)Cl)s1. The summed E-state index contributed by atoms with van der Waals surface area (Å²) in [4.78, 5) is 11.9. The molecule has 0 bridgehead atoms. The van der Waals surface area contributed by atoms with Crippen LogP contribution in [0.25, 0.3) is 0 Å². The van der Waals surface area contributed by atoms with Gasteiger partial charge in [-0.1, -0.05) is 0 Å². The van der Waals surface area contributed by atoms with Crippen molar-refractivity contribution in [1.29, 1.82) is 0 Å². The lowest BCUT2D eigenvalue weighted by atomic mass is 10.3. The lowest BCUT2D eigenvalue weighted by Gasteiger charge is -1.98. The Morgan fingerprint density at radius 2 is 2.20 bits per heavy atom. The van der Waals surface area contributed by atoms with Gasteiger partial charge in [0.1, 0.15) is 4.21 Å². The normalized spacial score (nSPS) is 11.3. The Labute approximate surface area is 96.7 Å². The minimum absolute atomic E-state index is 0.0727. The van der Waals surface area contributed by atoms with Gasteiger partial charge in [0.2, 0.25) is 5.91 Å². The third-order valence-corrected chi connectivity index (χ3v) is 4.76. The van der Waals surface area contributed by atoms with Gasteiger partial charge in [-0.3, -0.25) is 4.79 Å². The fraction of sp³-hybridized carbons (Fsp3) is 0.375. The maximum absolute atomic E-state index is 11.2. The van der Waals surface area contributed by atoms with Crippen LogP contribution in [0, 0.1) is 0 Å². The van der Waals surface area contributed by atoms with Crippen LogP contribution in [0.4, 0.5) is 0 Å². The number of amides is 1. The number of carbonyl (C=O) groups excluding carboxylic acids is 1. The number of likely N-dealkylation sites (N-methyl/N-ethyl adjacent to an activating group) is 1. The first-order valence-corrected chi connectivity index (χ1v) is 7.36. The van der Waals surface area contributed by atoms with Crippen molar-refractivity contribution in [2.24, 2.45) is 0 Å². The third-order valence-electron chi connectivity index (χ3n) is 1.59. The van der Waals surface area contributed by atoms with Gasteiger partial charge in [-0.05, 0) is 19.1 Å². The number of hydrogen-bond donors (Lipinski definition) is 1. The molecule has 0 fully saturated rings. The molecule has 7 heteroatoms. The van der Waals surface area contributed by atoms with E-state index in [1.165, 1.54) is 6.07 Å². The highest BCUT2D eigenvalue weighted by Crippen LogP contribution is 2.24. The molecule has 1 amide bonds. The van der Waals surface area contributed by atoms with Crippen LogP contribution >= 0.6 is 22.0 Å². The monoisotopic (exact) mass is 267 g/mol. The lowest BCUT2D eigenvalue weighted by Crippen LogP contribution is -2.23. The second-order valence-electron chi connectivity index (χ2n) is 2.79. The molecule has 0 aliphatic rings. The van der Waals surface area contributed by atoms with Crippen molar-refractivity contribution in [3.8, 4) is 0 Å². The van der Waals surface area contributed by atoms with E-state index in [4.69, 9.17) is 10.7 Å². The van der Waals surface area contributed by atoms with Gasteiger partial charge in [0.15, 0.2) is 0 Å². The molecule has 15 heavy (non-hydrogen) atoms. The molecule has 1 rings (SSSR count). The highest BCUT2D eigenvalue weighted by molar-refractivity contribution is 8.15. The number of rotatable bonds is 4. The molecule has 0 saturated carbocycles. The van der Waals surface area contributed by atoms with Crippen molar-refractivity contribution in [3.05, 3.63) is 17.0 Å². The molecule has 84 valence electrons. The van der Waals surface area contributed by atoms with Crippen LogP contribution < -0.4 is 5.32 Å². The molecule has 0 unspecified atom stereocenters. The van der Waals surface area contributed by atoms with Gasteiger partial charge < -0.3 is 5.32 Å². The standard InChI is InChI=1S/C8H10ClNO3S2/c1-2-10-7(11)5-6-3-4-8(14-6)15(9,12)13/h3-4H,2,5H2,1H3,(H,10,11). The average molecular weight is 268 g/mol. The molecule has 1 N–H and O–H groups in total. The number of thiophene rings is 1. The molecule has 0 saturated heterocycles. The smallest absolute Gasteiger partial charge is 0.270 e. The summed E-state index contributed by atoms with van der Waals surface area (Å²) in [5.41, 5.74) is 0. The molecule has 4 nitrogen and oxygen atoms in total. The van der Waals surface area contributed by atoms with Crippen LogP contribution in [-0.2, 0) is 20.3 Å². The Bertz CT molecular complexity index is 452. The van der Waals surface area contributed by atoms with Crippen molar-refractivity contribution >= 4 is 37.0 Å². The van der Waals surface area contributed by atoms with Gasteiger partial charge in [0, 0.05) is 22.1 Å². The van der Waals surface area contributed by atoms with E-state index in [0.29, 0.717) is 11.4 Å². The van der Waals surface area contributed by atoms with Crippen LogP contribution in [-0.4, -0.2) is 20.9 Å². The molecule has 1 aromatic heterocycles. The zero-order chi connectivity index (χ0) is 11.5. The third kappa shape index (κ3) is 3.81. The van der Waals surface area contributed by atoms with Crippen LogP contribution in [0.3, 0.4) is 0 Å². The predicted octanol–water partition coefficient (Wildman–Crippen LogP) is 1.35. The molecule has 0 aliphatic heterocycles. The van der Waals surface area contributed by atoms with Gasteiger partial charge in [0.05, 0.1) is 6.42 Å². The van der Waals surface area contributed by atoms with Crippen LogP contribution in [0.15, 0.2) is 16.3 Å². The van der Waals surface area contributed by atoms with Gasteiger partial charge in [0.25, 0.3) is 9.05 Å². The van der Waals surface area contributed by atoms with E-state index < -0.39 is 9.05 Å². The van der Waals surface area contributed by atoms with Gasteiger partial charge in [-0.25, -0.2) is 8.42 Å². The molecule has 0 spiro atoms. The predicted molar refractivity (Wildman–Crippen MR) is 59.7 cm³/mol. The highest BCUT2D eigenvalue weighted by atomic mass is 35.7. The second kappa shape index (κ2) is 4.96. The van der Waals surface area contributed by atoms with E-state index in [1.807, 2.05) is 6.92 Å². The van der Waals surface area contributed by atoms with Crippen molar-refractivity contribution < 1.29 is 13.2 Å². The molecule has 1 heterocycles. The maximum atomic E-state index is 11.2. The van der Waals surface area contributed by atoms with Gasteiger partial charge >= 0.3 is 0 Å². The average Bonchev–Trinajstić information content (AvgIpc) is 2.52. The Kier molecular flexibility index (Phi) is 4.12. The summed E-state index contributed by atoms with van der Waals surface area (Å²) in [5.74, 6) is -0.127. The Balaban J connectivity index is 2.73. The van der Waals surface area contributed by atoms with E-state index in [1.54, 1.807) is 6.07 Å². The quantitative estimate of drug-likeness (QED) is 0.838. The molecule has 0 aliphatic carbocycles. The molecular weight excluding hydrogens is 258 g/mol. The van der Waals surface area contributed by atoms with E-state index in [2.05, 4.69) is 5.32 Å². The molecule has 1 aromatic rings. The summed E-state index contributed by atoms with van der Waals surface area (Å²) in [6.07, 6.45) is 0.185. The second-order valence-corrected chi connectivity index (χ2v) is 6.75. The minimum Gasteiger partial charge on any atom is -0.356 e. The van der Waals surface area contributed by atoms with Crippen molar-refractivity contribution in [1.82, 2.24) is 5.32 Å². The zero-order valence-electron chi connectivity index (χ0n) is 7.99. The van der Waals surface area contributed by atoms with Crippen molar-refractivity contribution in [2.45, 2.75) is 17.6 Å². The molecule has 0 radical (unpaired) electrons. The van der Waals surface area contributed by atoms with Crippen LogP contribution in [0.2, 0.25) is 0 Å². The van der Waals surface area contributed by atoms with E-state index in [9.17, 15) is 13.2 Å². The largest absolute Gasteiger partial charge is 0.356 e. The minimum atomic E-state index is -3.67. The first-order chi connectivity index (χ1) is 6.93. The maximum Gasteiger partial charge on any atom is 0.270 e. The van der Waals surface area contributed by atoms with E-state index >= 15 is 0 Å². The van der Waals surface area contributed by atoms with Crippen molar-refractivity contribution in [2.75, 3.05) is 6.54 Å². The molecule has 0 atom stereocenters. The van der Waals surface area contributed by atoms with Crippen LogP contribution in [0.5, 0.6) is 0 Å². The van der Waals surface area contributed by atoms with E-state index in [0.717, 1.165) is 11.3 Å². The summed E-state index contributed by atoms with van der Waals surface area (Å²) >= 11 is 1.01. The number of hydrogen-bond acceptors (Lipinski definition) is 4. The Hall–Kier alpha value is -0.590. The fourth-order valence-electron chi connectivity index (χ4n) is 1.00. The summed E-state index contributed by atoms with van der Waals surface area (Å²) in [5, 5.41) is 2.63. The first kappa shape index (κ1) is 12.5. The summed E-state index contributed by atoms with van der Waals surface area (Å²) in [7, 11) is 1.48. The summed E-state index contributed by atoms with van der Waals surface area (Å²) in [6, 6.07) is 3.00. The Morgan fingerprint density at radius 1 is 1.53 bits per heavy atom. The highest BCUT2D eigenvalue weighted by Gasteiger charge is 2.14. The number of carbonyl (C=O) groups is 1.